The average Bonchev–Trinajstić information content (AvgIpc) is 2.56. The molecule has 2 rings (SSSR count). The highest BCUT2D eigenvalue weighted by molar-refractivity contribution is 7.80. The Morgan fingerprint density at radius 3 is 2.36 bits per heavy atom. The van der Waals surface area contributed by atoms with Crippen LogP contribution in [0, 0.1) is 0 Å². The Labute approximate surface area is 139 Å². The zero-order valence-corrected chi connectivity index (χ0v) is 14.1. The quantitative estimate of drug-likeness (QED) is 0.754. The van der Waals surface area contributed by atoms with Gasteiger partial charge in [-0.1, -0.05) is 56.3 Å². The summed E-state index contributed by atoms with van der Waals surface area (Å²) in [5.41, 5.74) is 3.72. The molecule has 0 fully saturated rings. The molecule has 0 saturated carbocycles. The Balaban J connectivity index is 1.77. The van der Waals surface area contributed by atoms with Crippen LogP contribution in [0.2, 0.25) is 0 Å². The van der Waals surface area contributed by atoms with E-state index in [0.29, 0.717) is 11.0 Å². The van der Waals surface area contributed by atoms with E-state index in [1.165, 1.54) is 11.1 Å². The fourth-order valence-electron chi connectivity index (χ4n) is 2.27. The molecule has 0 aliphatic carbocycles. The van der Waals surface area contributed by atoms with Crippen LogP contribution in [0.5, 0.6) is 0 Å². The van der Waals surface area contributed by atoms with Gasteiger partial charge in [-0.2, -0.15) is 0 Å². The summed E-state index contributed by atoms with van der Waals surface area (Å²) in [6.45, 7) is 5.29. The molecule has 2 aromatic rings. The van der Waals surface area contributed by atoms with Gasteiger partial charge in [-0.25, -0.2) is 0 Å². The van der Waals surface area contributed by atoms with Gasteiger partial charge in [-0.15, -0.1) is 0 Å². The molecular weight excluding hydrogens is 288 g/mol. The van der Waals surface area contributed by atoms with Gasteiger partial charge < -0.3 is 10.6 Å². The zero-order chi connectivity index (χ0) is 15.8. The van der Waals surface area contributed by atoms with Crippen LogP contribution in [0.15, 0.2) is 54.6 Å². The van der Waals surface area contributed by atoms with Crippen molar-refractivity contribution in [2.45, 2.75) is 32.6 Å². The number of hydrogen-bond donors (Lipinski definition) is 2. The lowest BCUT2D eigenvalue weighted by molar-refractivity contribution is 0.734. The van der Waals surface area contributed by atoms with Gasteiger partial charge in [0.15, 0.2) is 5.11 Å². The number of benzene rings is 2. The lowest BCUT2D eigenvalue weighted by Gasteiger charge is -2.13. The molecule has 0 spiro atoms. The summed E-state index contributed by atoms with van der Waals surface area (Å²) in [6, 6.07) is 18.9. The first-order valence-corrected chi connectivity index (χ1v) is 8.28. The summed E-state index contributed by atoms with van der Waals surface area (Å²) < 4.78 is 0. The van der Waals surface area contributed by atoms with Gasteiger partial charge in [-0.05, 0) is 54.2 Å². The number of rotatable bonds is 6. The highest BCUT2D eigenvalue weighted by Crippen LogP contribution is 2.20. The van der Waals surface area contributed by atoms with E-state index in [0.717, 1.165) is 25.1 Å². The lowest BCUT2D eigenvalue weighted by Crippen LogP contribution is -2.30. The second kappa shape index (κ2) is 8.54. The Kier molecular flexibility index (Phi) is 6.41. The normalized spacial score (nSPS) is 11.7. The summed E-state index contributed by atoms with van der Waals surface area (Å²) >= 11 is 5.34. The van der Waals surface area contributed by atoms with Gasteiger partial charge in [0.2, 0.25) is 0 Å². The molecule has 3 heteroatoms. The highest BCUT2D eigenvalue weighted by Gasteiger charge is 2.03. The molecular formula is C19H24N2S. The van der Waals surface area contributed by atoms with Gasteiger partial charge in [0.25, 0.3) is 0 Å². The maximum Gasteiger partial charge on any atom is 0.170 e. The third-order valence-corrected chi connectivity index (χ3v) is 4.14. The van der Waals surface area contributed by atoms with E-state index < -0.39 is 0 Å². The number of hydrogen-bond acceptors (Lipinski definition) is 1. The Hall–Kier alpha value is -1.87. The lowest BCUT2D eigenvalue weighted by atomic mass is 9.99. The van der Waals surface area contributed by atoms with E-state index in [2.05, 4.69) is 73.0 Å². The van der Waals surface area contributed by atoms with Gasteiger partial charge in [0.1, 0.15) is 0 Å². The van der Waals surface area contributed by atoms with Crippen LogP contribution in [0.4, 0.5) is 5.69 Å². The predicted octanol–water partition coefficient (Wildman–Crippen LogP) is 4.73. The van der Waals surface area contributed by atoms with Crippen molar-refractivity contribution >= 4 is 23.0 Å². The molecule has 2 aromatic carbocycles. The van der Waals surface area contributed by atoms with Crippen LogP contribution in [0.1, 0.15) is 37.3 Å². The van der Waals surface area contributed by atoms with Crippen molar-refractivity contribution in [1.82, 2.24) is 5.32 Å². The molecule has 116 valence electrons. The monoisotopic (exact) mass is 312 g/mol. The largest absolute Gasteiger partial charge is 0.362 e. The maximum absolute atomic E-state index is 5.34. The van der Waals surface area contributed by atoms with Crippen LogP contribution in [0.3, 0.4) is 0 Å². The molecule has 2 N–H and O–H groups in total. The van der Waals surface area contributed by atoms with Gasteiger partial charge in [0.05, 0.1) is 0 Å². The van der Waals surface area contributed by atoms with Crippen molar-refractivity contribution in [3.63, 3.8) is 0 Å². The summed E-state index contributed by atoms with van der Waals surface area (Å²) in [7, 11) is 0. The van der Waals surface area contributed by atoms with Crippen molar-refractivity contribution < 1.29 is 0 Å². The molecule has 0 amide bonds. The molecule has 22 heavy (non-hydrogen) atoms. The van der Waals surface area contributed by atoms with E-state index >= 15 is 0 Å². The summed E-state index contributed by atoms with van der Waals surface area (Å²) in [4.78, 5) is 0. The first-order chi connectivity index (χ1) is 10.7. The van der Waals surface area contributed by atoms with Crippen LogP contribution < -0.4 is 10.6 Å². The molecule has 1 unspecified atom stereocenters. The number of anilines is 1. The fraction of sp³-hybridized carbons (Fsp3) is 0.316. The molecule has 0 bridgehead atoms. The van der Waals surface area contributed by atoms with Crippen LogP contribution in [-0.4, -0.2) is 11.7 Å². The second-order valence-corrected chi connectivity index (χ2v) is 5.96. The van der Waals surface area contributed by atoms with Gasteiger partial charge in [-0.3, -0.25) is 0 Å². The summed E-state index contributed by atoms with van der Waals surface area (Å²) in [5, 5.41) is 7.15. The Bertz CT molecular complexity index is 578. The molecule has 0 aliphatic rings. The van der Waals surface area contributed by atoms with Crippen molar-refractivity contribution in [2.24, 2.45) is 0 Å². The standard InChI is InChI=1S/C19H24N2S/c1-3-15(2)17-9-11-18(12-10-17)21-19(22)20-14-13-16-7-5-4-6-8-16/h4-12,15H,3,13-14H2,1-2H3,(H2,20,21,22). The fourth-order valence-corrected chi connectivity index (χ4v) is 2.49. The van der Waals surface area contributed by atoms with Gasteiger partial charge >= 0.3 is 0 Å². The van der Waals surface area contributed by atoms with Crippen molar-refractivity contribution in [3.8, 4) is 0 Å². The van der Waals surface area contributed by atoms with E-state index in [-0.39, 0.29) is 0 Å². The van der Waals surface area contributed by atoms with Crippen LogP contribution >= 0.6 is 12.2 Å². The molecule has 0 aromatic heterocycles. The van der Waals surface area contributed by atoms with Crippen molar-refractivity contribution in [1.29, 1.82) is 0 Å². The molecule has 0 radical (unpaired) electrons. The first kappa shape index (κ1) is 16.5. The molecule has 0 aliphatic heterocycles. The van der Waals surface area contributed by atoms with Crippen molar-refractivity contribution in [2.75, 3.05) is 11.9 Å². The average molecular weight is 312 g/mol. The van der Waals surface area contributed by atoms with E-state index in [1.807, 2.05) is 6.07 Å². The molecule has 1 atom stereocenters. The van der Waals surface area contributed by atoms with Crippen LogP contribution in [-0.2, 0) is 6.42 Å². The Morgan fingerprint density at radius 2 is 1.73 bits per heavy atom. The molecule has 0 heterocycles. The molecule has 0 saturated heterocycles. The van der Waals surface area contributed by atoms with E-state index in [9.17, 15) is 0 Å². The predicted molar refractivity (Wildman–Crippen MR) is 99.5 cm³/mol. The summed E-state index contributed by atoms with van der Waals surface area (Å²) in [5.74, 6) is 0.602. The SMILES string of the molecule is CCC(C)c1ccc(NC(=S)NCCc2ccccc2)cc1. The maximum atomic E-state index is 5.34. The minimum Gasteiger partial charge on any atom is -0.362 e. The zero-order valence-electron chi connectivity index (χ0n) is 13.3. The smallest absolute Gasteiger partial charge is 0.170 e. The first-order valence-electron chi connectivity index (χ1n) is 7.87. The minimum atomic E-state index is 0.602. The van der Waals surface area contributed by atoms with Crippen LogP contribution in [0.25, 0.3) is 0 Å². The van der Waals surface area contributed by atoms with E-state index in [1.54, 1.807) is 0 Å². The van der Waals surface area contributed by atoms with Crippen molar-refractivity contribution in [3.05, 3.63) is 65.7 Å². The number of thiocarbonyl (C=S) groups is 1. The summed E-state index contributed by atoms with van der Waals surface area (Å²) in [6.07, 6.45) is 2.13. The second-order valence-electron chi connectivity index (χ2n) is 5.55. The van der Waals surface area contributed by atoms with Gasteiger partial charge in [0, 0.05) is 12.2 Å². The third kappa shape index (κ3) is 5.15. The third-order valence-electron chi connectivity index (χ3n) is 3.89. The topological polar surface area (TPSA) is 24.1 Å². The minimum absolute atomic E-state index is 0.602. The van der Waals surface area contributed by atoms with E-state index in [4.69, 9.17) is 12.2 Å². The molecule has 2 nitrogen and oxygen atoms in total. The highest BCUT2D eigenvalue weighted by atomic mass is 32.1. The Morgan fingerprint density at radius 1 is 1.05 bits per heavy atom. The number of nitrogens with one attached hydrogen (secondary N) is 2.